The van der Waals surface area contributed by atoms with Crippen LogP contribution in [0.4, 0.5) is 0 Å². The predicted molar refractivity (Wildman–Crippen MR) is 48.8 cm³/mol. The van der Waals surface area contributed by atoms with Crippen molar-refractivity contribution in [3.63, 3.8) is 0 Å². The first-order valence-electron chi connectivity index (χ1n) is 4.31. The highest BCUT2D eigenvalue weighted by Gasteiger charge is 2.44. The zero-order valence-electron chi connectivity index (χ0n) is 7.85. The smallest absolute Gasteiger partial charge is 0.322 e. The predicted octanol–water partition coefficient (Wildman–Crippen LogP) is 0.470. The summed E-state index contributed by atoms with van der Waals surface area (Å²) in [5, 5.41) is 8.76. The molecule has 0 saturated carbocycles. The van der Waals surface area contributed by atoms with Crippen molar-refractivity contribution >= 4 is 17.5 Å². The number of nitrogens with zero attached hydrogens (tertiary/aromatic N) is 1. The molecule has 0 spiro atoms. The number of hydrogen-bond acceptors (Lipinski definition) is 4. The molecule has 0 bridgehead atoms. The number of carbonyl (C=O) groups excluding carboxylic acids is 2. The standard InChI is InChI=1S/C10H7NO4/c1-4-6-5(2-3-11-4)8(12)7(9(6)13)10(14)15/h2-3,7H,1H3,(H,14,15). The molecule has 1 atom stereocenters. The zero-order valence-corrected chi connectivity index (χ0v) is 7.85. The van der Waals surface area contributed by atoms with Crippen molar-refractivity contribution in [2.75, 3.05) is 0 Å². The van der Waals surface area contributed by atoms with Gasteiger partial charge in [0, 0.05) is 17.5 Å². The van der Waals surface area contributed by atoms with Gasteiger partial charge in [-0.05, 0) is 13.0 Å². The van der Waals surface area contributed by atoms with Crippen molar-refractivity contribution in [1.29, 1.82) is 0 Å². The van der Waals surface area contributed by atoms with E-state index in [4.69, 9.17) is 5.11 Å². The van der Waals surface area contributed by atoms with E-state index >= 15 is 0 Å². The first-order chi connectivity index (χ1) is 7.04. The van der Waals surface area contributed by atoms with Crippen LogP contribution in [0.15, 0.2) is 12.3 Å². The van der Waals surface area contributed by atoms with Crippen molar-refractivity contribution < 1.29 is 19.5 Å². The number of hydrogen-bond donors (Lipinski definition) is 1. The first kappa shape index (κ1) is 9.51. The average molecular weight is 205 g/mol. The highest BCUT2D eigenvalue weighted by Crippen LogP contribution is 2.28. The van der Waals surface area contributed by atoms with Crippen LogP contribution >= 0.6 is 0 Å². The second-order valence-corrected chi connectivity index (χ2v) is 3.32. The van der Waals surface area contributed by atoms with Gasteiger partial charge in [0.05, 0.1) is 5.56 Å². The lowest BCUT2D eigenvalue weighted by molar-refractivity contribution is -0.138. The van der Waals surface area contributed by atoms with Gasteiger partial charge < -0.3 is 5.11 Å². The quantitative estimate of drug-likeness (QED) is 0.673. The summed E-state index contributed by atoms with van der Waals surface area (Å²) < 4.78 is 0. The molecule has 1 heterocycles. The van der Waals surface area contributed by atoms with Crippen LogP contribution in [0.25, 0.3) is 0 Å². The summed E-state index contributed by atoms with van der Waals surface area (Å²) in [5.74, 6) is -4.29. The first-order valence-corrected chi connectivity index (χ1v) is 4.31. The lowest BCUT2D eigenvalue weighted by Crippen LogP contribution is -2.24. The molecule has 0 amide bonds. The lowest BCUT2D eigenvalue weighted by atomic mass is 10.0. The van der Waals surface area contributed by atoms with Crippen molar-refractivity contribution in [2.24, 2.45) is 5.92 Å². The molecule has 0 fully saturated rings. The molecule has 15 heavy (non-hydrogen) atoms. The fourth-order valence-corrected chi connectivity index (χ4v) is 1.73. The van der Waals surface area contributed by atoms with Crippen LogP contribution in [0.1, 0.15) is 26.4 Å². The van der Waals surface area contributed by atoms with E-state index in [1.54, 1.807) is 6.92 Å². The molecule has 0 radical (unpaired) electrons. The van der Waals surface area contributed by atoms with Crippen LogP contribution < -0.4 is 0 Å². The van der Waals surface area contributed by atoms with Gasteiger partial charge in [0.1, 0.15) is 0 Å². The van der Waals surface area contributed by atoms with Gasteiger partial charge in [-0.15, -0.1) is 0 Å². The average Bonchev–Trinajstić information content (AvgIpc) is 2.40. The molecule has 1 N–H and O–H groups in total. The van der Waals surface area contributed by atoms with Crippen molar-refractivity contribution in [3.05, 3.63) is 29.1 Å². The molecule has 0 saturated heterocycles. The second-order valence-electron chi connectivity index (χ2n) is 3.32. The van der Waals surface area contributed by atoms with Gasteiger partial charge >= 0.3 is 5.97 Å². The Morgan fingerprint density at radius 2 is 2.07 bits per heavy atom. The van der Waals surface area contributed by atoms with Crippen LogP contribution in [0, 0.1) is 12.8 Å². The Morgan fingerprint density at radius 1 is 1.40 bits per heavy atom. The number of rotatable bonds is 1. The number of pyridine rings is 1. The summed E-state index contributed by atoms with van der Waals surface area (Å²) >= 11 is 0. The number of fused-ring (bicyclic) bond motifs is 1. The minimum atomic E-state index is -1.58. The number of Topliss-reactive ketones (excluding diaryl/α,β-unsaturated/α-hetero) is 2. The number of aryl methyl sites for hydroxylation is 1. The van der Waals surface area contributed by atoms with E-state index in [0.29, 0.717) is 5.69 Å². The van der Waals surface area contributed by atoms with E-state index in [2.05, 4.69) is 4.98 Å². The monoisotopic (exact) mass is 205 g/mol. The third-order valence-electron chi connectivity index (χ3n) is 2.42. The summed E-state index contributed by atoms with van der Waals surface area (Å²) in [5.41, 5.74) is 0.712. The second kappa shape index (κ2) is 2.98. The summed E-state index contributed by atoms with van der Waals surface area (Å²) in [6.45, 7) is 1.58. The van der Waals surface area contributed by atoms with Gasteiger partial charge in [-0.25, -0.2) is 0 Å². The van der Waals surface area contributed by atoms with Gasteiger partial charge in [0.15, 0.2) is 17.5 Å². The van der Waals surface area contributed by atoms with Gasteiger partial charge in [-0.1, -0.05) is 0 Å². The number of aromatic nitrogens is 1. The minimum absolute atomic E-state index is 0.148. The van der Waals surface area contributed by atoms with Gasteiger partial charge in [0.25, 0.3) is 0 Å². The summed E-state index contributed by atoms with van der Waals surface area (Å²) in [6, 6.07) is 1.38. The fourth-order valence-electron chi connectivity index (χ4n) is 1.73. The highest BCUT2D eigenvalue weighted by atomic mass is 16.4. The summed E-state index contributed by atoms with van der Waals surface area (Å²) in [7, 11) is 0. The molecule has 5 nitrogen and oxygen atoms in total. The Labute approximate surface area is 84.7 Å². The van der Waals surface area contributed by atoms with Crippen LogP contribution in [-0.2, 0) is 4.79 Å². The topological polar surface area (TPSA) is 84.3 Å². The molecule has 1 aliphatic rings. The Kier molecular flexibility index (Phi) is 1.89. The van der Waals surface area contributed by atoms with Crippen molar-refractivity contribution in [3.8, 4) is 0 Å². The molecule has 1 aromatic heterocycles. The van der Waals surface area contributed by atoms with E-state index in [9.17, 15) is 14.4 Å². The Hall–Kier alpha value is -2.04. The van der Waals surface area contributed by atoms with Gasteiger partial charge in [-0.3, -0.25) is 19.4 Å². The third-order valence-corrected chi connectivity index (χ3v) is 2.42. The molecular formula is C10H7NO4. The van der Waals surface area contributed by atoms with E-state index in [1.807, 2.05) is 0 Å². The SMILES string of the molecule is Cc1nccc2c1C(=O)C(C(=O)O)C2=O. The molecule has 1 aliphatic carbocycles. The maximum Gasteiger partial charge on any atom is 0.322 e. The summed E-state index contributed by atoms with van der Waals surface area (Å²) in [4.78, 5) is 37.8. The molecular weight excluding hydrogens is 198 g/mol. The van der Waals surface area contributed by atoms with Crippen LogP contribution in [0.3, 0.4) is 0 Å². The number of aliphatic carboxylic acids is 1. The normalized spacial score (nSPS) is 19.1. The largest absolute Gasteiger partial charge is 0.480 e. The fraction of sp³-hybridized carbons (Fsp3) is 0.200. The number of carbonyl (C=O) groups is 3. The third kappa shape index (κ3) is 1.16. The minimum Gasteiger partial charge on any atom is -0.480 e. The van der Waals surface area contributed by atoms with E-state index in [-0.39, 0.29) is 11.1 Å². The van der Waals surface area contributed by atoms with E-state index < -0.39 is 23.5 Å². The number of carboxylic acid groups (broad SMARTS) is 1. The molecule has 76 valence electrons. The van der Waals surface area contributed by atoms with Gasteiger partial charge in [-0.2, -0.15) is 0 Å². The Morgan fingerprint density at radius 3 is 2.60 bits per heavy atom. The summed E-state index contributed by atoms with van der Waals surface area (Å²) in [6.07, 6.45) is 1.39. The van der Waals surface area contributed by atoms with Crippen molar-refractivity contribution in [1.82, 2.24) is 4.98 Å². The zero-order chi connectivity index (χ0) is 11.2. The molecule has 0 aliphatic heterocycles. The number of carboxylic acids is 1. The molecule has 0 aromatic carbocycles. The molecule has 5 heteroatoms. The van der Waals surface area contributed by atoms with Crippen LogP contribution in [0.2, 0.25) is 0 Å². The van der Waals surface area contributed by atoms with E-state index in [0.717, 1.165) is 0 Å². The Balaban J connectivity index is 2.66. The maximum absolute atomic E-state index is 11.6. The Bertz CT molecular complexity index is 492. The van der Waals surface area contributed by atoms with Crippen LogP contribution in [-0.4, -0.2) is 27.6 Å². The molecule has 1 unspecified atom stereocenters. The molecule has 2 rings (SSSR count). The van der Waals surface area contributed by atoms with Crippen LogP contribution in [0.5, 0.6) is 0 Å². The van der Waals surface area contributed by atoms with E-state index in [1.165, 1.54) is 12.3 Å². The van der Waals surface area contributed by atoms with Crippen molar-refractivity contribution in [2.45, 2.75) is 6.92 Å². The number of ketones is 2. The molecule has 1 aromatic rings. The maximum atomic E-state index is 11.6. The van der Waals surface area contributed by atoms with Gasteiger partial charge in [0.2, 0.25) is 0 Å². The highest BCUT2D eigenvalue weighted by molar-refractivity contribution is 6.34. The lowest BCUT2D eigenvalue weighted by Gasteiger charge is -1.98.